The van der Waals surface area contributed by atoms with Gasteiger partial charge in [-0.1, -0.05) is 103 Å². The Hall–Kier alpha value is -1.18. The van der Waals surface area contributed by atoms with Gasteiger partial charge in [-0.25, -0.2) is 0 Å². The molecule has 0 bridgehead atoms. The van der Waals surface area contributed by atoms with Crippen molar-refractivity contribution < 1.29 is 0 Å². The minimum atomic E-state index is 0.929. The van der Waals surface area contributed by atoms with Gasteiger partial charge in [0.05, 0.1) is 11.4 Å². The molecule has 0 heterocycles. The molecule has 1 aromatic carbocycles. The number of para-hydroxylation sites is 2. The molecule has 0 spiro atoms. The highest BCUT2D eigenvalue weighted by Gasteiger charge is 2.09. The van der Waals surface area contributed by atoms with Gasteiger partial charge in [0.1, 0.15) is 0 Å². The highest BCUT2D eigenvalue weighted by Crippen LogP contribution is 2.24. The van der Waals surface area contributed by atoms with Crippen molar-refractivity contribution in [1.29, 1.82) is 0 Å². The maximum Gasteiger partial charge on any atom is 0.0599 e. The zero-order valence-corrected chi connectivity index (χ0v) is 17.6. The van der Waals surface area contributed by atoms with Crippen LogP contribution in [0.5, 0.6) is 0 Å². The number of anilines is 2. The first kappa shape index (κ1) is 22.9. The van der Waals surface area contributed by atoms with Crippen molar-refractivity contribution in [2.24, 2.45) is 0 Å². The first-order chi connectivity index (χ1) is 12.8. The SMILES string of the molecule is CCCCCCCCCN(CCCCCCCCC)c1ccccc1N. The van der Waals surface area contributed by atoms with E-state index in [9.17, 15) is 0 Å². The van der Waals surface area contributed by atoms with E-state index in [4.69, 9.17) is 5.73 Å². The van der Waals surface area contributed by atoms with Crippen molar-refractivity contribution in [1.82, 2.24) is 0 Å². The minimum absolute atomic E-state index is 0.929. The topological polar surface area (TPSA) is 29.3 Å². The fraction of sp³-hybridized carbons (Fsp3) is 0.750. The Morgan fingerprint density at radius 2 is 1.04 bits per heavy atom. The third-order valence-corrected chi connectivity index (χ3v) is 5.34. The van der Waals surface area contributed by atoms with Crippen molar-refractivity contribution in [2.45, 2.75) is 104 Å². The van der Waals surface area contributed by atoms with Gasteiger partial charge in [0, 0.05) is 13.1 Å². The Kier molecular flexibility index (Phi) is 14.1. The largest absolute Gasteiger partial charge is 0.397 e. The summed E-state index contributed by atoms with van der Waals surface area (Å²) in [5, 5.41) is 0. The summed E-state index contributed by atoms with van der Waals surface area (Å²) in [6.45, 7) is 6.87. The lowest BCUT2D eigenvalue weighted by Gasteiger charge is -2.26. The second kappa shape index (κ2) is 16.0. The van der Waals surface area contributed by atoms with Gasteiger partial charge in [0.15, 0.2) is 0 Å². The van der Waals surface area contributed by atoms with Gasteiger partial charge in [0.25, 0.3) is 0 Å². The molecule has 0 atom stereocenters. The predicted octanol–water partition coefficient (Wildman–Crippen LogP) is 7.58. The Labute approximate surface area is 163 Å². The standard InChI is InChI=1S/C24H44N2/c1-3-5-7-9-11-13-17-21-26(24-20-16-15-19-23(24)25)22-18-14-12-10-8-6-4-2/h15-16,19-20H,3-14,17-18,21-22,25H2,1-2H3. The van der Waals surface area contributed by atoms with Crippen LogP contribution >= 0.6 is 0 Å². The van der Waals surface area contributed by atoms with E-state index < -0.39 is 0 Å². The van der Waals surface area contributed by atoms with Crippen LogP contribution in [0.4, 0.5) is 11.4 Å². The monoisotopic (exact) mass is 360 g/mol. The average molecular weight is 361 g/mol. The van der Waals surface area contributed by atoms with Crippen LogP contribution in [0.1, 0.15) is 104 Å². The summed E-state index contributed by atoms with van der Waals surface area (Å²) in [7, 11) is 0. The fourth-order valence-electron chi connectivity index (χ4n) is 3.65. The smallest absolute Gasteiger partial charge is 0.0599 e. The third kappa shape index (κ3) is 10.7. The van der Waals surface area contributed by atoms with E-state index in [-0.39, 0.29) is 0 Å². The number of benzene rings is 1. The van der Waals surface area contributed by atoms with Crippen LogP contribution in [0.3, 0.4) is 0 Å². The van der Waals surface area contributed by atoms with Gasteiger partial charge in [-0.05, 0) is 25.0 Å². The summed E-state index contributed by atoms with van der Waals surface area (Å²) < 4.78 is 0. The number of rotatable bonds is 17. The quantitative estimate of drug-likeness (QED) is 0.229. The molecule has 1 aromatic rings. The summed E-state index contributed by atoms with van der Waals surface area (Å²) in [5.41, 5.74) is 8.42. The maximum atomic E-state index is 6.25. The lowest BCUT2D eigenvalue weighted by Crippen LogP contribution is -2.26. The number of nitrogen functional groups attached to an aromatic ring is 1. The molecular formula is C24H44N2. The van der Waals surface area contributed by atoms with Crippen molar-refractivity contribution in [3.8, 4) is 0 Å². The molecule has 2 nitrogen and oxygen atoms in total. The predicted molar refractivity (Wildman–Crippen MR) is 119 cm³/mol. The zero-order chi connectivity index (χ0) is 18.9. The van der Waals surface area contributed by atoms with Gasteiger partial charge in [-0.2, -0.15) is 0 Å². The Bertz CT molecular complexity index is 412. The molecule has 0 radical (unpaired) electrons. The van der Waals surface area contributed by atoms with E-state index in [1.807, 2.05) is 12.1 Å². The molecule has 150 valence electrons. The normalized spacial score (nSPS) is 11.0. The summed E-state index contributed by atoms with van der Waals surface area (Å²) in [6.07, 6.45) is 19.1. The molecule has 1 rings (SSSR count). The van der Waals surface area contributed by atoms with Crippen molar-refractivity contribution in [3.63, 3.8) is 0 Å². The maximum absolute atomic E-state index is 6.25. The van der Waals surface area contributed by atoms with Crippen molar-refractivity contribution >= 4 is 11.4 Å². The van der Waals surface area contributed by atoms with Gasteiger partial charge >= 0.3 is 0 Å². The molecule has 0 saturated heterocycles. The van der Waals surface area contributed by atoms with Crippen LogP contribution in [0.2, 0.25) is 0 Å². The van der Waals surface area contributed by atoms with Gasteiger partial charge < -0.3 is 10.6 Å². The number of nitrogens with two attached hydrogens (primary N) is 1. The van der Waals surface area contributed by atoms with Crippen LogP contribution in [0.25, 0.3) is 0 Å². The van der Waals surface area contributed by atoms with Gasteiger partial charge in [0.2, 0.25) is 0 Å². The van der Waals surface area contributed by atoms with Gasteiger partial charge in [-0.3, -0.25) is 0 Å². The van der Waals surface area contributed by atoms with E-state index >= 15 is 0 Å². The van der Waals surface area contributed by atoms with Crippen LogP contribution < -0.4 is 10.6 Å². The molecule has 0 unspecified atom stereocenters. The molecule has 0 aliphatic rings. The fourth-order valence-corrected chi connectivity index (χ4v) is 3.65. The first-order valence-corrected chi connectivity index (χ1v) is 11.4. The summed E-state index contributed by atoms with van der Waals surface area (Å²) >= 11 is 0. The van der Waals surface area contributed by atoms with E-state index in [1.165, 1.54) is 95.6 Å². The van der Waals surface area contributed by atoms with E-state index in [0.717, 1.165) is 18.8 Å². The lowest BCUT2D eigenvalue weighted by atomic mass is 10.1. The lowest BCUT2D eigenvalue weighted by molar-refractivity contribution is 0.564. The summed E-state index contributed by atoms with van der Waals surface area (Å²) in [4.78, 5) is 2.54. The Balaban J connectivity index is 2.32. The Morgan fingerprint density at radius 3 is 1.50 bits per heavy atom. The molecule has 0 saturated carbocycles. The van der Waals surface area contributed by atoms with E-state index in [2.05, 4.69) is 30.9 Å². The first-order valence-electron chi connectivity index (χ1n) is 11.4. The zero-order valence-electron chi connectivity index (χ0n) is 17.6. The average Bonchev–Trinajstić information content (AvgIpc) is 2.65. The van der Waals surface area contributed by atoms with Crippen LogP contribution in [0, 0.1) is 0 Å². The van der Waals surface area contributed by atoms with Crippen LogP contribution in [-0.4, -0.2) is 13.1 Å². The molecule has 26 heavy (non-hydrogen) atoms. The second-order valence-corrected chi connectivity index (χ2v) is 7.79. The molecule has 0 fully saturated rings. The second-order valence-electron chi connectivity index (χ2n) is 7.79. The molecule has 0 aromatic heterocycles. The Morgan fingerprint density at radius 1 is 0.615 bits per heavy atom. The highest BCUT2D eigenvalue weighted by molar-refractivity contribution is 5.67. The molecule has 0 aliphatic carbocycles. The molecule has 2 N–H and O–H groups in total. The van der Waals surface area contributed by atoms with Crippen LogP contribution in [-0.2, 0) is 0 Å². The molecule has 2 heteroatoms. The summed E-state index contributed by atoms with van der Waals surface area (Å²) in [6, 6.07) is 8.39. The molecule has 0 amide bonds. The van der Waals surface area contributed by atoms with Gasteiger partial charge in [-0.15, -0.1) is 0 Å². The number of unbranched alkanes of at least 4 members (excludes halogenated alkanes) is 12. The van der Waals surface area contributed by atoms with E-state index in [0.29, 0.717) is 0 Å². The highest BCUT2D eigenvalue weighted by atomic mass is 15.1. The number of hydrogen-bond donors (Lipinski definition) is 1. The number of nitrogens with zero attached hydrogens (tertiary/aromatic N) is 1. The van der Waals surface area contributed by atoms with E-state index in [1.54, 1.807) is 0 Å². The van der Waals surface area contributed by atoms with Crippen LogP contribution in [0.15, 0.2) is 24.3 Å². The molecule has 0 aliphatic heterocycles. The summed E-state index contributed by atoms with van der Waals surface area (Å²) in [5.74, 6) is 0. The number of hydrogen-bond acceptors (Lipinski definition) is 2. The van der Waals surface area contributed by atoms with Crippen molar-refractivity contribution in [2.75, 3.05) is 23.7 Å². The van der Waals surface area contributed by atoms with Crippen molar-refractivity contribution in [3.05, 3.63) is 24.3 Å². The third-order valence-electron chi connectivity index (χ3n) is 5.34. The minimum Gasteiger partial charge on any atom is -0.397 e. The molecular weight excluding hydrogens is 316 g/mol.